The Morgan fingerprint density at radius 3 is 2.93 bits per heavy atom. The number of pyridine rings is 1. The lowest BCUT2D eigenvalue weighted by molar-refractivity contribution is 0.0963. The first-order valence-electron chi connectivity index (χ1n) is 9.99. The van der Waals surface area contributed by atoms with Crippen LogP contribution in [-0.4, -0.2) is 46.5 Å². The van der Waals surface area contributed by atoms with Crippen molar-refractivity contribution in [2.75, 3.05) is 18.9 Å². The standard InChI is InChI=1S/C22H26FN5O/c1-14-11-16(8-10-28(14)13-15-5-3-4-6-19(15)23)27-20-17-7-9-25-21(17)26-12-18(20)22(29)24-2/h3-7,9,12,14,16H,8,10-11,13H2,1-2H3,(H,24,29)(H2,25,26,27)/t14-,16-/m0/s1. The van der Waals surface area contributed by atoms with E-state index >= 15 is 0 Å². The largest absolute Gasteiger partial charge is 0.381 e. The van der Waals surface area contributed by atoms with Crippen LogP contribution in [0.25, 0.3) is 11.0 Å². The first-order valence-corrected chi connectivity index (χ1v) is 9.99. The smallest absolute Gasteiger partial charge is 0.254 e. The number of carbonyl (C=O) groups excluding carboxylic acids is 1. The molecule has 0 saturated carbocycles. The maximum absolute atomic E-state index is 14.0. The highest BCUT2D eigenvalue weighted by atomic mass is 19.1. The number of hydrogen-bond acceptors (Lipinski definition) is 4. The molecule has 3 N–H and O–H groups in total. The Morgan fingerprint density at radius 2 is 2.17 bits per heavy atom. The molecule has 2 aromatic heterocycles. The van der Waals surface area contributed by atoms with Crippen LogP contribution in [0.15, 0.2) is 42.7 Å². The number of amides is 1. The van der Waals surface area contributed by atoms with E-state index in [4.69, 9.17) is 0 Å². The molecule has 152 valence electrons. The normalized spacial score (nSPS) is 20.0. The summed E-state index contributed by atoms with van der Waals surface area (Å²) >= 11 is 0. The van der Waals surface area contributed by atoms with Gasteiger partial charge in [0, 0.05) is 55.6 Å². The summed E-state index contributed by atoms with van der Waals surface area (Å²) in [4.78, 5) is 22.1. The van der Waals surface area contributed by atoms with Crippen LogP contribution in [0.4, 0.5) is 10.1 Å². The van der Waals surface area contributed by atoms with Gasteiger partial charge in [0.1, 0.15) is 11.5 Å². The molecule has 3 heterocycles. The van der Waals surface area contributed by atoms with Crippen LogP contribution in [0.5, 0.6) is 0 Å². The van der Waals surface area contributed by atoms with Crippen molar-refractivity contribution in [3.8, 4) is 0 Å². The Morgan fingerprint density at radius 1 is 1.34 bits per heavy atom. The van der Waals surface area contributed by atoms with Crippen molar-refractivity contribution in [3.05, 3.63) is 59.7 Å². The molecule has 29 heavy (non-hydrogen) atoms. The number of aromatic amines is 1. The summed E-state index contributed by atoms with van der Waals surface area (Å²) in [6, 6.07) is 9.43. The van der Waals surface area contributed by atoms with E-state index in [1.807, 2.05) is 24.4 Å². The van der Waals surface area contributed by atoms with Gasteiger partial charge in [-0.1, -0.05) is 18.2 Å². The second-order valence-electron chi connectivity index (χ2n) is 7.64. The van der Waals surface area contributed by atoms with Crippen LogP contribution >= 0.6 is 0 Å². The number of benzene rings is 1. The van der Waals surface area contributed by atoms with Crippen molar-refractivity contribution < 1.29 is 9.18 Å². The van der Waals surface area contributed by atoms with Gasteiger partial charge < -0.3 is 15.6 Å². The van der Waals surface area contributed by atoms with Crippen LogP contribution in [0.1, 0.15) is 35.7 Å². The van der Waals surface area contributed by atoms with Gasteiger partial charge in [-0.05, 0) is 31.9 Å². The van der Waals surface area contributed by atoms with Gasteiger partial charge in [0.05, 0.1) is 11.3 Å². The van der Waals surface area contributed by atoms with Gasteiger partial charge in [-0.3, -0.25) is 9.69 Å². The summed E-state index contributed by atoms with van der Waals surface area (Å²) < 4.78 is 14.0. The van der Waals surface area contributed by atoms with Crippen molar-refractivity contribution in [2.45, 2.75) is 38.4 Å². The Hall–Kier alpha value is -2.93. The lowest BCUT2D eigenvalue weighted by Crippen LogP contribution is -2.44. The van der Waals surface area contributed by atoms with Gasteiger partial charge in [0.2, 0.25) is 0 Å². The molecule has 0 unspecified atom stereocenters. The third-order valence-corrected chi connectivity index (χ3v) is 5.75. The molecular formula is C22H26FN5O. The Kier molecular flexibility index (Phi) is 5.49. The zero-order chi connectivity index (χ0) is 20.4. The van der Waals surface area contributed by atoms with Crippen LogP contribution in [0, 0.1) is 5.82 Å². The minimum absolute atomic E-state index is 0.151. The number of H-pyrrole nitrogens is 1. The highest BCUT2D eigenvalue weighted by Gasteiger charge is 2.27. The number of anilines is 1. The molecule has 6 nitrogen and oxygen atoms in total. The van der Waals surface area contributed by atoms with Crippen molar-refractivity contribution in [3.63, 3.8) is 0 Å². The van der Waals surface area contributed by atoms with E-state index in [1.165, 1.54) is 6.07 Å². The van der Waals surface area contributed by atoms with E-state index in [0.29, 0.717) is 18.2 Å². The fraction of sp³-hybridized carbons (Fsp3) is 0.364. The maximum Gasteiger partial charge on any atom is 0.254 e. The zero-order valence-electron chi connectivity index (χ0n) is 16.7. The van der Waals surface area contributed by atoms with Gasteiger partial charge in [-0.25, -0.2) is 9.37 Å². The topological polar surface area (TPSA) is 73.0 Å². The van der Waals surface area contributed by atoms with Gasteiger partial charge >= 0.3 is 0 Å². The van der Waals surface area contributed by atoms with E-state index in [0.717, 1.165) is 41.7 Å². The minimum atomic E-state index is -0.159. The number of nitrogens with zero attached hydrogens (tertiary/aromatic N) is 2. The first-order chi connectivity index (χ1) is 14.1. The number of likely N-dealkylation sites (tertiary alicyclic amines) is 1. The van der Waals surface area contributed by atoms with Crippen molar-refractivity contribution >= 4 is 22.6 Å². The molecule has 0 aliphatic carbocycles. The second kappa shape index (κ2) is 8.21. The molecule has 1 aliphatic rings. The number of halogens is 1. The van der Waals surface area contributed by atoms with E-state index in [-0.39, 0.29) is 17.8 Å². The number of fused-ring (bicyclic) bond motifs is 1. The summed E-state index contributed by atoms with van der Waals surface area (Å²) in [5.74, 6) is -0.310. The van der Waals surface area contributed by atoms with Crippen molar-refractivity contribution in [2.24, 2.45) is 0 Å². The third kappa shape index (κ3) is 3.96. The molecule has 1 aromatic carbocycles. The number of rotatable bonds is 5. The molecule has 1 fully saturated rings. The molecule has 0 spiro atoms. The average Bonchev–Trinajstić information content (AvgIpc) is 3.20. The minimum Gasteiger partial charge on any atom is -0.381 e. The van der Waals surface area contributed by atoms with Gasteiger partial charge in [-0.15, -0.1) is 0 Å². The van der Waals surface area contributed by atoms with Crippen LogP contribution in [0.2, 0.25) is 0 Å². The lowest BCUT2D eigenvalue weighted by Gasteiger charge is -2.38. The third-order valence-electron chi connectivity index (χ3n) is 5.75. The molecular weight excluding hydrogens is 369 g/mol. The molecule has 1 amide bonds. The lowest BCUT2D eigenvalue weighted by atomic mass is 9.96. The van der Waals surface area contributed by atoms with Crippen LogP contribution in [-0.2, 0) is 6.54 Å². The van der Waals surface area contributed by atoms with E-state index in [9.17, 15) is 9.18 Å². The number of hydrogen-bond donors (Lipinski definition) is 3. The maximum atomic E-state index is 14.0. The number of aromatic nitrogens is 2. The zero-order valence-corrected chi connectivity index (χ0v) is 16.7. The predicted octanol–water partition coefficient (Wildman–Crippen LogP) is 3.53. The summed E-state index contributed by atoms with van der Waals surface area (Å²) in [5.41, 5.74) is 2.84. The summed E-state index contributed by atoms with van der Waals surface area (Å²) in [7, 11) is 1.62. The molecule has 4 rings (SSSR count). The molecule has 2 atom stereocenters. The Bertz CT molecular complexity index is 1020. The molecule has 0 radical (unpaired) electrons. The van der Waals surface area contributed by atoms with Crippen LogP contribution in [0.3, 0.4) is 0 Å². The number of piperidine rings is 1. The summed E-state index contributed by atoms with van der Waals surface area (Å²) in [6.45, 7) is 3.65. The quantitative estimate of drug-likeness (QED) is 0.618. The first kappa shape index (κ1) is 19.4. The molecule has 0 bridgehead atoms. The monoisotopic (exact) mass is 395 g/mol. The molecule has 1 aliphatic heterocycles. The average molecular weight is 395 g/mol. The predicted molar refractivity (Wildman–Crippen MR) is 112 cm³/mol. The fourth-order valence-electron chi connectivity index (χ4n) is 4.11. The van der Waals surface area contributed by atoms with Crippen molar-refractivity contribution in [1.29, 1.82) is 0 Å². The van der Waals surface area contributed by atoms with Gasteiger partial charge in [0.15, 0.2) is 0 Å². The Labute approximate surface area is 169 Å². The summed E-state index contributed by atoms with van der Waals surface area (Å²) in [6.07, 6.45) is 5.27. The Balaban J connectivity index is 1.50. The second-order valence-corrected chi connectivity index (χ2v) is 7.64. The van der Waals surface area contributed by atoms with Gasteiger partial charge in [-0.2, -0.15) is 0 Å². The van der Waals surface area contributed by atoms with Crippen LogP contribution < -0.4 is 10.6 Å². The molecule has 7 heteroatoms. The SMILES string of the molecule is CNC(=O)c1cnc2[nH]ccc2c1N[C@H]1CCN(Cc2ccccc2F)[C@@H](C)C1. The number of nitrogens with one attached hydrogen (secondary N) is 3. The van der Waals surface area contributed by atoms with E-state index < -0.39 is 0 Å². The number of carbonyl (C=O) groups is 1. The highest BCUT2D eigenvalue weighted by molar-refractivity contribution is 6.06. The van der Waals surface area contributed by atoms with E-state index in [2.05, 4.69) is 32.4 Å². The highest BCUT2D eigenvalue weighted by Crippen LogP contribution is 2.29. The molecule has 3 aromatic rings. The van der Waals surface area contributed by atoms with Gasteiger partial charge in [0.25, 0.3) is 5.91 Å². The molecule has 1 saturated heterocycles. The summed E-state index contributed by atoms with van der Waals surface area (Å²) in [5, 5.41) is 7.20. The van der Waals surface area contributed by atoms with E-state index in [1.54, 1.807) is 19.3 Å². The van der Waals surface area contributed by atoms with Crippen molar-refractivity contribution in [1.82, 2.24) is 20.2 Å². The fourth-order valence-corrected chi connectivity index (χ4v) is 4.11.